The van der Waals surface area contributed by atoms with Gasteiger partial charge in [-0.15, -0.1) is 12.3 Å². The van der Waals surface area contributed by atoms with Crippen LogP contribution >= 0.6 is 0 Å². The van der Waals surface area contributed by atoms with Crippen LogP contribution in [0.4, 0.5) is 0 Å². The summed E-state index contributed by atoms with van der Waals surface area (Å²) >= 11 is 0. The van der Waals surface area contributed by atoms with E-state index in [1.807, 2.05) is 0 Å². The fourth-order valence-electron chi connectivity index (χ4n) is 1.98. The number of terminal acetylenes is 1. The summed E-state index contributed by atoms with van der Waals surface area (Å²) < 4.78 is 0. The first kappa shape index (κ1) is 8.62. The molecule has 0 radical (unpaired) electrons. The number of hydrogen-bond donors (Lipinski definition) is 1. The molecule has 0 spiro atoms. The van der Waals surface area contributed by atoms with Crippen LogP contribution in [0, 0.1) is 17.8 Å². The third-order valence-corrected chi connectivity index (χ3v) is 2.51. The Morgan fingerprint density at radius 3 is 2.45 bits per heavy atom. The number of rotatable bonds is 1. The summed E-state index contributed by atoms with van der Waals surface area (Å²) in [5, 5.41) is 9.88. The number of hydrogen-bond acceptors (Lipinski definition) is 1. The smallest absolute Gasteiger partial charge is 0.0761 e. The molecule has 11 heavy (non-hydrogen) atoms. The topological polar surface area (TPSA) is 20.2 Å². The van der Waals surface area contributed by atoms with E-state index in [-0.39, 0.29) is 5.41 Å². The van der Waals surface area contributed by atoms with Gasteiger partial charge in [-0.3, -0.25) is 0 Å². The maximum atomic E-state index is 9.88. The Hall–Kier alpha value is -0.480. The van der Waals surface area contributed by atoms with Crippen LogP contribution in [-0.4, -0.2) is 10.7 Å². The second kappa shape index (κ2) is 2.53. The van der Waals surface area contributed by atoms with E-state index in [0.717, 1.165) is 19.3 Å². The van der Waals surface area contributed by atoms with Gasteiger partial charge >= 0.3 is 0 Å². The Morgan fingerprint density at radius 2 is 2.09 bits per heavy atom. The molecule has 0 amide bonds. The molecule has 0 saturated heterocycles. The second-order valence-electron chi connectivity index (χ2n) is 4.45. The van der Waals surface area contributed by atoms with Crippen LogP contribution < -0.4 is 0 Å². The predicted octanol–water partition coefficient (Wildman–Crippen LogP) is 1.95. The molecule has 62 valence electrons. The third kappa shape index (κ3) is 1.97. The highest BCUT2D eigenvalue weighted by Crippen LogP contribution is 2.44. The van der Waals surface area contributed by atoms with Crippen LogP contribution in [0.3, 0.4) is 0 Å². The zero-order valence-electron chi connectivity index (χ0n) is 7.35. The van der Waals surface area contributed by atoms with Crippen molar-refractivity contribution in [1.29, 1.82) is 0 Å². The van der Waals surface area contributed by atoms with Gasteiger partial charge in [-0.2, -0.15) is 0 Å². The molecular weight excluding hydrogens is 136 g/mol. The molecule has 0 heterocycles. The lowest BCUT2D eigenvalue weighted by atomic mass is 9.88. The van der Waals surface area contributed by atoms with Crippen LogP contribution in [0.25, 0.3) is 0 Å². The molecule has 1 unspecified atom stereocenters. The first-order valence-corrected chi connectivity index (χ1v) is 4.13. The van der Waals surface area contributed by atoms with Crippen molar-refractivity contribution in [2.24, 2.45) is 5.41 Å². The lowest BCUT2D eigenvalue weighted by Gasteiger charge is -2.22. The molecule has 1 saturated carbocycles. The molecule has 1 N–H and O–H groups in total. The fraction of sp³-hybridized carbons (Fsp3) is 0.800. The van der Waals surface area contributed by atoms with E-state index < -0.39 is 5.60 Å². The summed E-state index contributed by atoms with van der Waals surface area (Å²) in [6.45, 7) is 4.36. The average Bonchev–Trinajstić information content (AvgIpc) is 2.07. The van der Waals surface area contributed by atoms with Crippen molar-refractivity contribution >= 4 is 0 Å². The van der Waals surface area contributed by atoms with Gasteiger partial charge in [-0.25, -0.2) is 0 Å². The Morgan fingerprint density at radius 1 is 1.45 bits per heavy atom. The maximum absolute atomic E-state index is 9.88. The highest BCUT2D eigenvalue weighted by Gasteiger charge is 2.40. The van der Waals surface area contributed by atoms with Gasteiger partial charge in [0.05, 0.1) is 5.60 Å². The van der Waals surface area contributed by atoms with Gasteiger partial charge in [0.1, 0.15) is 0 Å². The molecule has 0 bridgehead atoms. The Balaban J connectivity index is 2.59. The van der Waals surface area contributed by atoms with Crippen LogP contribution in [0.1, 0.15) is 39.5 Å². The minimum atomic E-state index is -0.557. The van der Waals surface area contributed by atoms with E-state index in [1.54, 1.807) is 0 Å². The van der Waals surface area contributed by atoms with Gasteiger partial charge in [0.15, 0.2) is 0 Å². The fourth-order valence-corrected chi connectivity index (χ4v) is 1.98. The summed E-state index contributed by atoms with van der Waals surface area (Å²) in [5.74, 6) is 2.54. The molecule has 1 atom stereocenters. The quantitative estimate of drug-likeness (QED) is 0.569. The lowest BCUT2D eigenvalue weighted by Crippen LogP contribution is -2.25. The minimum absolute atomic E-state index is 0.283. The predicted molar refractivity (Wildman–Crippen MR) is 46.0 cm³/mol. The third-order valence-electron chi connectivity index (χ3n) is 2.51. The van der Waals surface area contributed by atoms with E-state index in [1.165, 1.54) is 0 Å². The van der Waals surface area contributed by atoms with Crippen molar-refractivity contribution in [3.63, 3.8) is 0 Å². The van der Waals surface area contributed by atoms with E-state index in [2.05, 4.69) is 19.8 Å². The summed E-state index contributed by atoms with van der Waals surface area (Å²) in [6, 6.07) is 0. The SMILES string of the molecule is C#CCC1(O)CCC(C)(C)C1. The highest BCUT2D eigenvalue weighted by atomic mass is 16.3. The largest absolute Gasteiger partial charge is 0.389 e. The van der Waals surface area contributed by atoms with Gasteiger partial charge in [0.25, 0.3) is 0 Å². The lowest BCUT2D eigenvalue weighted by molar-refractivity contribution is 0.0427. The summed E-state index contributed by atoms with van der Waals surface area (Å²) in [6.07, 6.45) is 8.49. The molecular formula is C10H16O. The molecule has 1 aliphatic carbocycles. The first-order chi connectivity index (χ1) is 4.97. The van der Waals surface area contributed by atoms with Crippen LogP contribution in [0.5, 0.6) is 0 Å². The zero-order valence-corrected chi connectivity index (χ0v) is 7.35. The van der Waals surface area contributed by atoms with Crippen molar-refractivity contribution < 1.29 is 5.11 Å². The molecule has 0 aliphatic heterocycles. The molecule has 0 aromatic heterocycles. The zero-order chi connectivity index (χ0) is 8.54. The van der Waals surface area contributed by atoms with Crippen molar-refractivity contribution in [2.45, 2.75) is 45.1 Å². The van der Waals surface area contributed by atoms with Gasteiger partial charge in [0.2, 0.25) is 0 Å². The van der Waals surface area contributed by atoms with Gasteiger partial charge in [-0.05, 0) is 24.7 Å². The standard InChI is InChI=1S/C10H16O/c1-4-5-10(11)7-6-9(2,3)8-10/h1,11H,5-8H2,2-3H3. The average molecular weight is 152 g/mol. The van der Waals surface area contributed by atoms with Crippen molar-refractivity contribution in [2.75, 3.05) is 0 Å². The maximum Gasteiger partial charge on any atom is 0.0761 e. The molecule has 1 aliphatic rings. The van der Waals surface area contributed by atoms with E-state index in [9.17, 15) is 5.11 Å². The monoisotopic (exact) mass is 152 g/mol. The van der Waals surface area contributed by atoms with Crippen molar-refractivity contribution in [1.82, 2.24) is 0 Å². The number of aliphatic hydroxyl groups is 1. The van der Waals surface area contributed by atoms with Gasteiger partial charge in [0, 0.05) is 6.42 Å². The molecule has 0 aromatic carbocycles. The summed E-state index contributed by atoms with van der Waals surface area (Å²) in [4.78, 5) is 0. The Labute approximate surface area is 68.8 Å². The first-order valence-electron chi connectivity index (χ1n) is 4.13. The molecule has 1 heteroatoms. The van der Waals surface area contributed by atoms with Gasteiger partial charge in [-0.1, -0.05) is 13.8 Å². The Bertz CT molecular complexity index is 188. The van der Waals surface area contributed by atoms with E-state index >= 15 is 0 Å². The summed E-state index contributed by atoms with van der Waals surface area (Å²) in [7, 11) is 0. The van der Waals surface area contributed by atoms with Gasteiger partial charge < -0.3 is 5.11 Å². The van der Waals surface area contributed by atoms with Crippen molar-refractivity contribution in [3.05, 3.63) is 0 Å². The minimum Gasteiger partial charge on any atom is -0.389 e. The molecule has 1 nitrogen and oxygen atoms in total. The van der Waals surface area contributed by atoms with E-state index in [4.69, 9.17) is 6.42 Å². The van der Waals surface area contributed by atoms with Crippen LogP contribution in [0.15, 0.2) is 0 Å². The Kier molecular flexibility index (Phi) is 1.98. The normalized spacial score (nSPS) is 35.1. The van der Waals surface area contributed by atoms with Crippen molar-refractivity contribution in [3.8, 4) is 12.3 Å². The summed E-state index contributed by atoms with van der Waals surface area (Å²) in [5.41, 5.74) is -0.274. The second-order valence-corrected chi connectivity index (χ2v) is 4.45. The van der Waals surface area contributed by atoms with E-state index in [0.29, 0.717) is 6.42 Å². The van der Waals surface area contributed by atoms with Crippen LogP contribution in [0.2, 0.25) is 0 Å². The molecule has 1 rings (SSSR count). The molecule has 0 aromatic rings. The molecule has 1 fully saturated rings. The van der Waals surface area contributed by atoms with Crippen LogP contribution in [-0.2, 0) is 0 Å². The highest BCUT2D eigenvalue weighted by molar-refractivity contribution is 5.01.